The Hall–Kier alpha value is -2.70. The van der Waals surface area contributed by atoms with E-state index in [2.05, 4.69) is 15.5 Å². The maximum absolute atomic E-state index is 11.7. The first kappa shape index (κ1) is 11.8. The Morgan fingerprint density at radius 2 is 2.17 bits per heavy atom. The Balaban J connectivity index is 2.11. The van der Waals surface area contributed by atoms with Gasteiger partial charge in [-0.1, -0.05) is 5.16 Å². The minimum absolute atomic E-state index is 0.0174. The van der Waals surface area contributed by atoms with E-state index < -0.39 is 11.9 Å². The molecule has 2 aromatic heterocycles. The van der Waals surface area contributed by atoms with Gasteiger partial charge >= 0.3 is 5.97 Å². The van der Waals surface area contributed by atoms with Crippen molar-refractivity contribution < 1.29 is 19.2 Å². The SMILES string of the molecule is Cc1cc(NC(=O)c2ccc(C(=O)O)cn2)no1. The quantitative estimate of drug-likeness (QED) is 0.847. The van der Waals surface area contributed by atoms with Gasteiger partial charge in [0.15, 0.2) is 5.82 Å². The normalized spacial score (nSPS) is 10.1. The van der Waals surface area contributed by atoms with Crippen molar-refractivity contribution in [2.24, 2.45) is 0 Å². The van der Waals surface area contributed by atoms with Crippen molar-refractivity contribution in [2.45, 2.75) is 6.92 Å². The molecule has 0 radical (unpaired) electrons. The lowest BCUT2D eigenvalue weighted by atomic mass is 10.2. The van der Waals surface area contributed by atoms with Crippen LogP contribution in [0.5, 0.6) is 0 Å². The molecule has 0 aromatic carbocycles. The Bertz CT molecular complexity index is 589. The molecule has 92 valence electrons. The molecule has 0 aliphatic heterocycles. The highest BCUT2D eigenvalue weighted by Crippen LogP contribution is 2.09. The largest absolute Gasteiger partial charge is 0.478 e. The number of carbonyl (C=O) groups is 2. The zero-order valence-corrected chi connectivity index (χ0v) is 9.38. The van der Waals surface area contributed by atoms with Crippen molar-refractivity contribution in [3.8, 4) is 0 Å². The first-order valence-electron chi connectivity index (χ1n) is 5.00. The van der Waals surface area contributed by atoms with E-state index in [-0.39, 0.29) is 17.1 Å². The third-order valence-corrected chi connectivity index (χ3v) is 2.11. The summed E-state index contributed by atoms with van der Waals surface area (Å²) >= 11 is 0. The Kier molecular flexibility index (Phi) is 3.05. The highest BCUT2D eigenvalue weighted by atomic mass is 16.5. The maximum atomic E-state index is 11.7. The molecule has 2 N–H and O–H groups in total. The summed E-state index contributed by atoms with van der Waals surface area (Å²) in [6, 6.07) is 4.19. The summed E-state index contributed by atoms with van der Waals surface area (Å²) in [7, 11) is 0. The number of carboxylic acids is 1. The second-order valence-corrected chi connectivity index (χ2v) is 3.51. The maximum Gasteiger partial charge on any atom is 0.337 e. The van der Waals surface area contributed by atoms with E-state index in [4.69, 9.17) is 9.63 Å². The van der Waals surface area contributed by atoms with Crippen LogP contribution in [0.25, 0.3) is 0 Å². The van der Waals surface area contributed by atoms with E-state index in [1.54, 1.807) is 13.0 Å². The second-order valence-electron chi connectivity index (χ2n) is 3.51. The standard InChI is InChI=1S/C11H9N3O4/c1-6-4-9(14-18-6)13-10(15)8-3-2-7(5-12-8)11(16)17/h2-5H,1H3,(H,16,17)(H,13,14,15). The van der Waals surface area contributed by atoms with Gasteiger partial charge in [-0.25, -0.2) is 4.79 Å². The molecule has 0 spiro atoms. The van der Waals surface area contributed by atoms with Crippen LogP contribution in [0.3, 0.4) is 0 Å². The number of nitrogens with zero attached hydrogens (tertiary/aromatic N) is 2. The molecule has 0 bridgehead atoms. The molecule has 18 heavy (non-hydrogen) atoms. The fourth-order valence-electron chi connectivity index (χ4n) is 1.26. The number of rotatable bonds is 3. The Morgan fingerprint density at radius 1 is 1.39 bits per heavy atom. The molecule has 0 atom stereocenters. The van der Waals surface area contributed by atoms with Crippen molar-refractivity contribution in [2.75, 3.05) is 5.32 Å². The lowest BCUT2D eigenvalue weighted by molar-refractivity contribution is 0.0696. The van der Waals surface area contributed by atoms with Crippen LogP contribution >= 0.6 is 0 Å². The van der Waals surface area contributed by atoms with Crippen LogP contribution in [0, 0.1) is 6.92 Å². The topological polar surface area (TPSA) is 105 Å². The molecule has 0 saturated carbocycles. The molecule has 0 aliphatic rings. The molecule has 2 rings (SSSR count). The van der Waals surface area contributed by atoms with Crippen molar-refractivity contribution in [1.82, 2.24) is 10.1 Å². The monoisotopic (exact) mass is 247 g/mol. The first-order valence-corrected chi connectivity index (χ1v) is 5.00. The van der Waals surface area contributed by atoms with Crippen LogP contribution in [0.4, 0.5) is 5.82 Å². The van der Waals surface area contributed by atoms with Crippen LogP contribution in [0.15, 0.2) is 28.9 Å². The van der Waals surface area contributed by atoms with E-state index in [9.17, 15) is 9.59 Å². The number of anilines is 1. The summed E-state index contributed by atoms with van der Waals surface area (Å²) in [5, 5.41) is 14.8. The molecule has 0 fully saturated rings. The number of carboxylic acid groups (broad SMARTS) is 1. The predicted octanol–water partition coefficient (Wildman–Crippen LogP) is 1.33. The minimum atomic E-state index is -1.10. The first-order chi connectivity index (χ1) is 8.56. The fraction of sp³-hybridized carbons (Fsp3) is 0.0909. The molecular formula is C11H9N3O4. The molecule has 7 heteroatoms. The van der Waals surface area contributed by atoms with Crippen molar-refractivity contribution in [3.05, 3.63) is 41.4 Å². The highest BCUT2D eigenvalue weighted by Gasteiger charge is 2.11. The number of aryl methyl sites for hydroxylation is 1. The number of nitrogens with one attached hydrogen (secondary N) is 1. The number of hydrogen-bond acceptors (Lipinski definition) is 5. The van der Waals surface area contributed by atoms with Crippen LogP contribution in [-0.4, -0.2) is 27.1 Å². The van der Waals surface area contributed by atoms with Crippen molar-refractivity contribution in [3.63, 3.8) is 0 Å². The molecular weight excluding hydrogens is 238 g/mol. The number of aromatic nitrogens is 2. The van der Waals surface area contributed by atoms with Gasteiger partial charge in [0, 0.05) is 12.3 Å². The van der Waals surface area contributed by atoms with Gasteiger partial charge in [-0.3, -0.25) is 9.78 Å². The number of aromatic carboxylic acids is 1. The minimum Gasteiger partial charge on any atom is -0.478 e. The summed E-state index contributed by atoms with van der Waals surface area (Å²) in [5.74, 6) is -0.733. The fourth-order valence-corrected chi connectivity index (χ4v) is 1.26. The number of amides is 1. The summed E-state index contributed by atoms with van der Waals surface area (Å²) in [4.78, 5) is 26.1. The average Bonchev–Trinajstić information content (AvgIpc) is 2.75. The number of carbonyl (C=O) groups excluding carboxylic acids is 1. The molecule has 1 amide bonds. The highest BCUT2D eigenvalue weighted by molar-refractivity contribution is 6.02. The molecule has 0 unspecified atom stereocenters. The lowest BCUT2D eigenvalue weighted by Gasteiger charge is -2.00. The average molecular weight is 247 g/mol. The van der Waals surface area contributed by atoms with Crippen molar-refractivity contribution >= 4 is 17.7 Å². The third-order valence-electron chi connectivity index (χ3n) is 2.11. The van der Waals surface area contributed by atoms with Gasteiger partial charge in [0.1, 0.15) is 11.5 Å². The van der Waals surface area contributed by atoms with Gasteiger partial charge in [0.25, 0.3) is 5.91 Å². The van der Waals surface area contributed by atoms with Crippen molar-refractivity contribution in [1.29, 1.82) is 0 Å². The second kappa shape index (κ2) is 4.66. The van der Waals surface area contributed by atoms with Crippen LogP contribution in [0.2, 0.25) is 0 Å². The van der Waals surface area contributed by atoms with E-state index in [0.29, 0.717) is 5.76 Å². The molecule has 7 nitrogen and oxygen atoms in total. The van der Waals surface area contributed by atoms with Gasteiger partial charge in [-0.2, -0.15) is 0 Å². The van der Waals surface area contributed by atoms with Gasteiger partial charge < -0.3 is 14.9 Å². The summed E-state index contributed by atoms with van der Waals surface area (Å²) < 4.78 is 4.79. The molecule has 2 heterocycles. The third kappa shape index (κ3) is 2.51. The molecule has 0 aliphatic carbocycles. The van der Waals surface area contributed by atoms with Gasteiger partial charge in [-0.15, -0.1) is 0 Å². The summed E-state index contributed by atoms with van der Waals surface area (Å²) in [6.45, 7) is 1.70. The van der Waals surface area contributed by atoms with Gasteiger partial charge in [-0.05, 0) is 19.1 Å². The van der Waals surface area contributed by atoms with Crippen LogP contribution in [0.1, 0.15) is 26.6 Å². The van der Waals surface area contributed by atoms with Gasteiger partial charge in [0.05, 0.1) is 5.56 Å². The van der Waals surface area contributed by atoms with Gasteiger partial charge in [0.2, 0.25) is 0 Å². The lowest BCUT2D eigenvalue weighted by Crippen LogP contribution is -2.14. The number of pyridine rings is 1. The van der Waals surface area contributed by atoms with E-state index >= 15 is 0 Å². The van der Waals surface area contributed by atoms with Crippen LogP contribution < -0.4 is 5.32 Å². The summed E-state index contributed by atoms with van der Waals surface area (Å²) in [6.07, 6.45) is 1.12. The van der Waals surface area contributed by atoms with E-state index in [1.807, 2.05) is 0 Å². The Labute approximate surface area is 101 Å². The van der Waals surface area contributed by atoms with Crippen LogP contribution in [-0.2, 0) is 0 Å². The number of hydrogen-bond donors (Lipinski definition) is 2. The zero-order chi connectivity index (χ0) is 13.1. The summed E-state index contributed by atoms with van der Waals surface area (Å²) in [5.41, 5.74) is 0.115. The molecule has 2 aromatic rings. The smallest absolute Gasteiger partial charge is 0.337 e. The Morgan fingerprint density at radius 3 is 2.67 bits per heavy atom. The predicted molar refractivity (Wildman–Crippen MR) is 60.4 cm³/mol. The van der Waals surface area contributed by atoms with E-state index in [0.717, 1.165) is 6.20 Å². The van der Waals surface area contributed by atoms with E-state index in [1.165, 1.54) is 12.1 Å². The molecule has 0 saturated heterocycles. The zero-order valence-electron chi connectivity index (χ0n) is 9.38.